The molecule has 1 N–H and O–H groups in total. The number of ether oxygens (including phenoxy) is 2. The lowest BCUT2D eigenvalue weighted by Crippen LogP contribution is -2.13. The molecule has 0 atom stereocenters. The number of aromatic nitrogens is 2. The summed E-state index contributed by atoms with van der Waals surface area (Å²) in [6.07, 6.45) is 0. The molecule has 0 aliphatic heterocycles. The van der Waals surface area contributed by atoms with Gasteiger partial charge in [-0.1, -0.05) is 35.2 Å². The van der Waals surface area contributed by atoms with E-state index in [9.17, 15) is 9.59 Å². The van der Waals surface area contributed by atoms with Gasteiger partial charge >= 0.3 is 5.97 Å². The third kappa shape index (κ3) is 4.68. The zero-order chi connectivity index (χ0) is 22.7. The largest absolute Gasteiger partial charge is 0.494 e. The lowest BCUT2D eigenvalue weighted by molar-refractivity contribution is -0.113. The summed E-state index contributed by atoms with van der Waals surface area (Å²) in [5.41, 5.74) is 3.02. The number of methoxy groups -OCH3 is 1. The van der Waals surface area contributed by atoms with Gasteiger partial charge in [0, 0.05) is 5.39 Å². The smallest absolute Gasteiger partial charge is 0.338 e. The topological polar surface area (TPSA) is 90.4 Å². The molecule has 2 aromatic heterocycles. The number of hydrogen-bond acceptors (Lipinski definition) is 8. The molecule has 4 aromatic rings. The Morgan fingerprint density at radius 3 is 2.78 bits per heavy atom. The van der Waals surface area contributed by atoms with Crippen molar-refractivity contribution in [2.24, 2.45) is 0 Å². The fraction of sp³-hybridized carbons (Fsp3) is 0.217. The van der Waals surface area contributed by atoms with E-state index in [-0.39, 0.29) is 17.6 Å². The van der Waals surface area contributed by atoms with Gasteiger partial charge in [-0.05, 0) is 49.7 Å². The third-order valence-corrected chi connectivity index (χ3v) is 6.55. The predicted molar refractivity (Wildman–Crippen MR) is 128 cm³/mol. The van der Waals surface area contributed by atoms with Gasteiger partial charge in [0.15, 0.2) is 5.13 Å². The zero-order valence-corrected chi connectivity index (χ0v) is 19.4. The number of fused-ring (bicyclic) bond motifs is 2. The molecule has 0 fully saturated rings. The van der Waals surface area contributed by atoms with Crippen LogP contribution in [0.2, 0.25) is 0 Å². The van der Waals surface area contributed by atoms with E-state index in [0.717, 1.165) is 26.2 Å². The number of carbonyl (C=O) groups is 2. The summed E-state index contributed by atoms with van der Waals surface area (Å²) in [5, 5.41) is 5.08. The van der Waals surface area contributed by atoms with E-state index in [4.69, 9.17) is 9.47 Å². The molecular formula is C23H21N3O4S2. The molecule has 2 heterocycles. The normalized spacial score (nSPS) is 11.0. The number of esters is 1. The Morgan fingerprint density at radius 1 is 1.16 bits per heavy atom. The van der Waals surface area contributed by atoms with Crippen LogP contribution in [0.1, 0.15) is 22.8 Å². The van der Waals surface area contributed by atoms with Gasteiger partial charge in [0.1, 0.15) is 11.3 Å². The van der Waals surface area contributed by atoms with E-state index in [0.29, 0.717) is 28.6 Å². The van der Waals surface area contributed by atoms with Crippen molar-refractivity contribution < 1.29 is 19.1 Å². The lowest BCUT2D eigenvalue weighted by Gasteiger charge is -2.09. The molecular weight excluding hydrogens is 446 g/mol. The number of carbonyl (C=O) groups excluding carboxylic acids is 2. The first-order valence-corrected chi connectivity index (χ1v) is 11.7. The summed E-state index contributed by atoms with van der Waals surface area (Å²) in [6, 6.07) is 12.9. The van der Waals surface area contributed by atoms with Crippen molar-refractivity contribution in [1.82, 2.24) is 9.97 Å². The van der Waals surface area contributed by atoms with Crippen molar-refractivity contribution in [2.45, 2.75) is 18.9 Å². The van der Waals surface area contributed by atoms with Crippen LogP contribution in [0, 0.1) is 6.92 Å². The first kappa shape index (κ1) is 22.0. The minimum Gasteiger partial charge on any atom is -0.494 e. The molecule has 2 aromatic carbocycles. The quantitative estimate of drug-likeness (QED) is 0.300. The summed E-state index contributed by atoms with van der Waals surface area (Å²) < 4.78 is 11.3. The SMILES string of the molecule is CCOC(=O)c1ccc2nc(NC(=O)CSc3cc(C)c4cccc(OC)c4n3)sc2c1. The maximum atomic E-state index is 12.5. The first-order chi connectivity index (χ1) is 15.5. The number of pyridine rings is 1. The number of hydrogen-bond donors (Lipinski definition) is 1. The van der Waals surface area contributed by atoms with E-state index in [1.807, 2.05) is 31.2 Å². The van der Waals surface area contributed by atoms with E-state index in [1.54, 1.807) is 32.2 Å². The van der Waals surface area contributed by atoms with Crippen LogP contribution in [0.5, 0.6) is 5.75 Å². The van der Waals surface area contributed by atoms with E-state index in [1.165, 1.54) is 23.1 Å². The van der Waals surface area contributed by atoms with Crippen LogP contribution in [0.25, 0.3) is 21.1 Å². The van der Waals surface area contributed by atoms with Crippen molar-refractivity contribution in [3.8, 4) is 5.75 Å². The standard InChI is InChI=1S/C23H21N3O4S2/c1-4-30-22(28)14-8-9-16-18(11-14)32-23(24-16)25-19(27)12-31-20-10-13(2)15-6-5-7-17(29-3)21(15)26-20/h5-11H,4,12H2,1-3H3,(H,24,25,27). The average molecular weight is 468 g/mol. The molecule has 0 radical (unpaired) electrons. The van der Waals surface area contributed by atoms with Gasteiger partial charge in [-0.25, -0.2) is 14.8 Å². The van der Waals surface area contributed by atoms with Gasteiger partial charge in [-0.2, -0.15) is 0 Å². The van der Waals surface area contributed by atoms with E-state index in [2.05, 4.69) is 15.3 Å². The second kappa shape index (κ2) is 9.54. The van der Waals surface area contributed by atoms with Gasteiger partial charge in [0.05, 0.1) is 40.3 Å². The number of anilines is 1. The predicted octanol–water partition coefficient (Wildman–Crippen LogP) is 5.07. The summed E-state index contributed by atoms with van der Waals surface area (Å²) in [4.78, 5) is 33.5. The Morgan fingerprint density at radius 2 is 2.00 bits per heavy atom. The highest BCUT2D eigenvalue weighted by molar-refractivity contribution is 7.99. The number of nitrogens with zero attached hydrogens (tertiary/aromatic N) is 2. The number of thioether (sulfide) groups is 1. The van der Waals surface area contributed by atoms with Gasteiger partial charge < -0.3 is 14.8 Å². The summed E-state index contributed by atoms with van der Waals surface area (Å²) in [7, 11) is 1.62. The van der Waals surface area contributed by atoms with Gasteiger partial charge in [-0.3, -0.25) is 4.79 Å². The molecule has 4 rings (SSSR count). The third-order valence-electron chi connectivity index (χ3n) is 4.70. The fourth-order valence-electron chi connectivity index (χ4n) is 3.21. The number of rotatable bonds is 7. The molecule has 0 saturated carbocycles. The van der Waals surface area contributed by atoms with Crippen molar-refractivity contribution in [2.75, 3.05) is 24.8 Å². The van der Waals surface area contributed by atoms with Crippen LogP contribution in [0.4, 0.5) is 5.13 Å². The maximum Gasteiger partial charge on any atom is 0.338 e. The van der Waals surface area contributed by atoms with Crippen molar-refractivity contribution in [3.05, 3.63) is 53.6 Å². The molecule has 32 heavy (non-hydrogen) atoms. The molecule has 0 saturated heterocycles. The minimum atomic E-state index is -0.375. The fourth-order valence-corrected chi connectivity index (χ4v) is 4.90. The van der Waals surface area contributed by atoms with Crippen LogP contribution in [-0.2, 0) is 9.53 Å². The maximum absolute atomic E-state index is 12.5. The van der Waals surface area contributed by atoms with Crippen LogP contribution < -0.4 is 10.1 Å². The van der Waals surface area contributed by atoms with Crippen molar-refractivity contribution in [1.29, 1.82) is 0 Å². The molecule has 0 unspecified atom stereocenters. The van der Waals surface area contributed by atoms with Gasteiger partial charge in [0.25, 0.3) is 0 Å². The van der Waals surface area contributed by atoms with Crippen molar-refractivity contribution in [3.63, 3.8) is 0 Å². The summed E-state index contributed by atoms with van der Waals surface area (Å²) in [6.45, 7) is 4.09. The Kier molecular flexibility index (Phi) is 6.57. The van der Waals surface area contributed by atoms with E-state index >= 15 is 0 Å². The Labute approximate surface area is 193 Å². The molecule has 1 amide bonds. The Bertz CT molecular complexity index is 1320. The highest BCUT2D eigenvalue weighted by Gasteiger charge is 2.13. The Hall–Kier alpha value is -3.17. The second-order valence-corrected chi connectivity index (χ2v) is 8.92. The molecule has 7 nitrogen and oxygen atoms in total. The number of para-hydroxylation sites is 1. The molecule has 0 bridgehead atoms. The van der Waals surface area contributed by atoms with Gasteiger partial charge in [-0.15, -0.1) is 0 Å². The summed E-state index contributed by atoms with van der Waals surface area (Å²) in [5.74, 6) is 0.338. The second-order valence-electron chi connectivity index (χ2n) is 6.89. The van der Waals surface area contributed by atoms with Crippen LogP contribution in [0.3, 0.4) is 0 Å². The van der Waals surface area contributed by atoms with E-state index < -0.39 is 0 Å². The van der Waals surface area contributed by atoms with Crippen LogP contribution >= 0.6 is 23.1 Å². The highest BCUT2D eigenvalue weighted by Crippen LogP contribution is 2.30. The molecule has 0 aliphatic rings. The molecule has 9 heteroatoms. The first-order valence-electron chi connectivity index (χ1n) is 9.93. The minimum absolute atomic E-state index is 0.181. The monoisotopic (exact) mass is 467 g/mol. The lowest BCUT2D eigenvalue weighted by atomic mass is 10.1. The number of benzene rings is 2. The molecule has 0 aliphatic carbocycles. The average Bonchev–Trinajstić information content (AvgIpc) is 3.19. The number of aryl methyl sites for hydroxylation is 1. The number of thiazole rings is 1. The highest BCUT2D eigenvalue weighted by atomic mass is 32.2. The Balaban J connectivity index is 1.45. The summed E-state index contributed by atoms with van der Waals surface area (Å²) >= 11 is 2.67. The van der Waals surface area contributed by atoms with Crippen LogP contribution in [-0.4, -0.2) is 41.3 Å². The number of nitrogens with one attached hydrogen (secondary N) is 1. The van der Waals surface area contributed by atoms with Gasteiger partial charge in [0.2, 0.25) is 5.91 Å². The number of amides is 1. The molecule has 0 spiro atoms. The zero-order valence-electron chi connectivity index (χ0n) is 17.8. The molecule has 164 valence electrons. The van der Waals surface area contributed by atoms with Crippen molar-refractivity contribution >= 4 is 61.2 Å². The van der Waals surface area contributed by atoms with Crippen LogP contribution in [0.15, 0.2) is 47.5 Å².